The summed E-state index contributed by atoms with van der Waals surface area (Å²) in [5.41, 5.74) is 0.441. The minimum Gasteiger partial charge on any atom is -0.480 e. The van der Waals surface area contributed by atoms with Crippen molar-refractivity contribution in [2.45, 2.75) is 51.1 Å². The van der Waals surface area contributed by atoms with Crippen LogP contribution in [0.3, 0.4) is 0 Å². The molecule has 0 bridgehead atoms. The van der Waals surface area contributed by atoms with E-state index in [9.17, 15) is 14.0 Å². The highest BCUT2D eigenvalue weighted by Gasteiger charge is 2.34. The van der Waals surface area contributed by atoms with Gasteiger partial charge in [0.05, 0.1) is 6.54 Å². The summed E-state index contributed by atoms with van der Waals surface area (Å²) in [5.74, 6) is -1.12. The van der Waals surface area contributed by atoms with E-state index in [0.29, 0.717) is 13.1 Å². The molecule has 0 spiro atoms. The SMILES string of the molecule is CCN(CC(=O)O)C1CC(NC(=O)NCC(C)(C)c2cccc(F)c2)C1. The summed E-state index contributed by atoms with van der Waals surface area (Å²) in [4.78, 5) is 24.9. The van der Waals surface area contributed by atoms with Gasteiger partial charge >= 0.3 is 12.0 Å². The fourth-order valence-corrected chi connectivity index (χ4v) is 3.23. The maximum absolute atomic E-state index is 13.4. The van der Waals surface area contributed by atoms with Gasteiger partial charge < -0.3 is 15.7 Å². The van der Waals surface area contributed by atoms with Crippen molar-refractivity contribution in [3.63, 3.8) is 0 Å². The zero-order valence-electron chi connectivity index (χ0n) is 15.6. The van der Waals surface area contributed by atoms with Crippen LogP contribution in [0.2, 0.25) is 0 Å². The largest absolute Gasteiger partial charge is 0.480 e. The first-order valence-electron chi connectivity index (χ1n) is 8.97. The molecule has 0 radical (unpaired) electrons. The van der Waals surface area contributed by atoms with Crippen LogP contribution >= 0.6 is 0 Å². The van der Waals surface area contributed by atoms with Gasteiger partial charge in [-0.3, -0.25) is 9.69 Å². The maximum atomic E-state index is 13.4. The minimum atomic E-state index is -0.833. The number of amides is 2. The Morgan fingerprint density at radius 2 is 2.04 bits per heavy atom. The number of carboxylic acids is 1. The second kappa shape index (κ2) is 8.49. The monoisotopic (exact) mass is 365 g/mol. The summed E-state index contributed by atoms with van der Waals surface area (Å²) >= 11 is 0. The van der Waals surface area contributed by atoms with Crippen molar-refractivity contribution in [3.8, 4) is 0 Å². The Labute approximate surface area is 153 Å². The molecule has 1 aromatic rings. The summed E-state index contributed by atoms with van der Waals surface area (Å²) in [6.45, 7) is 6.93. The van der Waals surface area contributed by atoms with E-state index in [1.807, 2.05) is 31.7 Å². The fraction of sp³-hybridized carbons (Fsp3) is 0.579. The molecule has 0 unspecified atom stereocenters. The van der Waals surface area contributed by atoms with E-state index in [4.69, 9.17) is 5.11 Å². The molecule has 6 nitrogen and oxygen atoms in total. The number of aliphatic carboxylic acids is 1. The number of hydrogen-bond acceptors (Lipinski definition) is 3. The highest BCUT2D eigenvalue weighted by Crippen LogP contribution is 2.26. The summed E-state index contributed by atoms with van der Waals surface area (Å²) in [6, 6.07) is 6.40. The Balaban J connectivity index is 1.75. The van der Waals surface area contributed by atoms with Crippen molar-refractivity contribution in [2.75, 3.05) is 19.6 Å². The highest BCUT2D eigenvalue weighted by molar-refractivity contribution is 5.74. The van der Waals surface area contributed by atoms with Crippen molar-refractivity contribution < 1.29 is 19.1 Å². The number of nitrogens with zero attached hydrogens (tertiary/aromatic N) is 1. The summed E-state index contributed by atoms with van der Waals surface area (Å²) in [7, 11) is 0. The minimum absolute atomic E-state index is 0.0297. The van der Waals surface area contributed by atoms with Gasteiger partial charge in [-0.1, -0.05) is 32.9 Å². The van der Waals surface area contributed by atoms with E-state index in [2.05, 4.69) is 10.6 Å². The predicted molar refractivity (Wildman–Crippen MR) is 97.7 cm³/mol. The van der Waals surface area contributed by atoms with Crippen LogP contribution in [0.4, 0.5) is 9.18 Å². The first-order chi connectivity index (χ1) is 12.2. The lowest BCUT2D eigenvalue weighted by atomic mass is 9.84. The molecule has 0 aromatic heterocycles. The number of urea groups is 1. The van der Waals surface area contributed by atoms with Crippen LogP contribution in [0.1, 0.15) is 39.2 Å². The van der Waals surface area contributed by atoms with Crippen LogP contribution in [0.15, 0.2) is 24.3 Å². The van der Waals surface area contributed by atoms with Crippen molar-refractivity contribution in [1.29, 1.82) is 0 Å². The molecular weight excluding hydrogens is 337 g/mol. The normalized spacial score (nSPS) is 19.7. The molecule has 2 rings (SSSR count). The Hall–Kier alpha value is -2.15. The summed E-state index contributed by atoms with van der Waals surface area (Å²) in [6.07, 6.45) is 1.50. The molecule has 144 valence electrons. The Morgan fingerprint density at radius 3 is 2.62 bits per heavy atom. The van der Waals surface area contributed by atoms with Crippen LogP contribution < -0.4 is 10.6 Å². The first kappa shape index (κ1) is 20.2. The fourth-order valence-electron chi connectivity index (χ4n) is 3.23. The number of carbonyl (C=O) groups is 2. The third-order valence-electron chi connectivity index (χ3n) is 5.01. The van der Waals surface area contributed by atoms with Crippen LogP contribution in [-0.4, -0.2) is 53.7 Å². The standard InChI is InChI=1S/C19H28FN3O3/c1-4-23(11-17(24)25)16-9-15(10-16)22-18(26)21-12-19(2,3)13-6-5-7-14(20)8-13/h5-8,15-16H,4,9-12H2,1-3H3,(H,24,25)(H2,21,22,26). The van der Waals surface area contributed by atoms with Crippen LogP contribution in [0, 0.1) is 5.82 Å². The molecule has 1 aliphatic carbocycles. The van der Waals surface area contributed by atoms with Gasteiger partial charge in [0.25, 0.3) is 0 Å². The molecule has 1 fully saturated rings. The molecule has 1 saturated carbocycles. The number of hydrogen-bond donors (Lipinski definition) is 3. The molecule has 7 heteroatoms. The number of likely N-dealkylation sites (N-methyl/N-ethyl adjacent to an activating group) is 1. The van der Waals surface area contributed by atoms with Gasteiger partial charge in [0.1, 0.15) is 5.82 Å². The van der Waals surface area contributed by atoms with E-state index >= 15 is 0 Å². The smallest absolute Gasteiger partial charge is 0.317 e. The lowest BCUT2D eigenvalue weighted by molar-refractivity contribution is -0.139. The molecule has 3 N–H and O–H groups in total. The van der Waals surface area contributed by atoms with Gasteiger partial charge in [0.15, 0.2) is 0 Å². The predicted octanol–water partition coefficient (Wildman–Crippen LogP) is 2.34. The third kappa shape index (κ3) is 5.42. The third-order valence-corrected chi connectivity index (χ3v) is 5.01. The van der Waals surface area contributed by atoms with Crippen molar-refractivity contribution in [3.05, 3.63) is 35.6 Å². The molecule has 26 heavy (non-hydrogen) atoms. The first-order valence-corrected chi connectivity index (χ1v) is 8.97. The Bertz CT molecular complexity index is 645. The Kier molecular flexibility index (Phi) is 6.58. The molecule has 0 saturated heterocycles. The average Bonchev–Trinajstić information content (AvgIpc) is 2.54. The molecule has 0 aliphatic heterocycles. The lowest BCUT2D eigenvalue weighted by Gasteiger charge is -2.42. The molecular formula is C19H28FN3O3. The zero-order valence-corrected chi connectivity index (χ0v) is 15.6. The van der Waals surface area contributed by atoms with E-state index in [-0.39, 0.29) is 35.9 Å². The topological polar surface area (TPSA) is 81.7 Å². The van der Waals surface area contributed by atoms with E-state index in [1.54, 1.807) is 6.07 Å². The van der Waals surface area contributed by atoms with Crippen molar-refractivity contribution >= 4 is 12.0 Å². The van der Waals surface area contributed by atoms with Gasteiger partial charge in [-0.15, -0.1) is 0 Å². The summed E-state index contributed by atoms with van der Waals surface area (Å²) < 4.78 is 13.4. The summed E-state index contributed by atoms with van der Waals surface area (Å²) in [5, 5.41) is 14.7. The van der Waals surface area contributed by atoms with Gasteiger partial charge in [-0.25, -0.2) is 9.18 Å². The molecule has 1 aromatic carbocycles. The molecule has 2 amide bonds. The number of rotatable bonds is 8. The highest BCUT2D eigenvalue weighted by atomic mass is 19.1. The van der Waals surface area contributed by atoms with Gasteiger partial charge in [0.2, 0.25) is 0 Å². The lowest BCUT2D eigenvalue weighted by Crippen LogP contribution is -2.56. The number of halogens is 1. The van der Waals surface area contributed by atoms with E-state index in [1.165, 1.54) is 12.1 Å². The van der Waals surface area contributed by atoms with Crippen molar-refractivity contribution in [1.82, 2.24) is 15.5 Å². The number of carbonyl (C=O) groups excluding carboxylic acids is 1. The quantitative estimate of drug-likeness (QED) is 0.660. The van der Waals surface area contributed by atoms with E-state index < -0.39 is 5.97 Å². The van der Waals surface area contributed by atoms with Gasteiger partial charge in [-0.2, -0.15) is 0 Å². The molecule has 0 heterocycles. The maximum Gasteiger partial charge on any atom is 0.317 e. The second-order valence-corrected chi connectivity index (χ2v) is 7.50. The molecule has 0 atom stereocenters. The number of carboxylic acid groups (broad SMARTS) is 1. The Morgan fingerprint density at radius 1 is 1.35 bits per heavy atom. The zero-order chi connectivity index (χ0) is 19.3. The van der Waals surface area contributed by atoms with E-state index in [0.717, 1.165) is 18.4 Å². The van der Waals surface area contributed by atoms with Crippen LogP contribution in [0.5, 0.6) is 0 Å². The second-order valence-electron chi connectivity index (χ2n) is 7.50. The molecule has 1 aliphatic rings. The average molecular weight is 365 g/mol. The van der Waals surface area contributed by atoms with Crippen LogP contribution in [-0.2, 0) is 10.2 Å². The number of benzene rings is 1. The van der Waals surface area contributed by atoms with Crippen molar-refractivity contribution in [2.24, 2.45) is 0 Å². The number of nitrogens with one attached hydrogen (secondary N) is 2. The van der Waals surface area contributed by atoms with Gasteiger partial charge in [-0.05, 0) is 37.1 Å². The van der Waals surface area contributed by atoms with Crippen LogP contribution in [0.25, 0.3) is 0 Å². The van der Waals surface area contributed by atoms with Gasteiger partial charge in [0, 0.05) is 24.0 Å².